The number of nitrogens with one attached hydrogen (secondary N) is 2. The van der Waals surface area contributed by atoms with Crippen LogP contribution in [0.5, 0.6) is 17.2 Å². The number of methoxy groups -OCH3 is 3. The lowest BCUT2D eigenvalue weighted by Gasteiger charge is -2.16. The number of hydrogen-bond donors (Lipinski definition) is 2. The SMILES string of the molecule is COc1cc(CN=C(NCCc2ccco2)NCC2CCOC2)cc(OC)c1OC.I. The van der Waals surface area contributed by atoms with E-state index in [-0.39, 0.29) is 24.0 Å². The van der Waals surface area contributed by atoms with E-state index in [4.69, 9.17) is 28.4 Å². The van der Waals surface area contributed by atoms with Crippen molar-refractivity contribution in [3.63, 3.8) is 0 Å². The highest BCUT2D eigenvalue weighted by molar-refractivity contribution is 14.0. The van der Waals surface area contributed by atoms with Gasteiger partial charge in [-0.05, 0) is 36.2 Å². The fourth-order valence-corrected chi connectivity index (χ4v) is 3.32. The van der Waals surface area contributed by atoms with Crippen LogP contribution in [-0.2, 0) is 17.7 Å². The Bertz CT molecular complexity index is 782. The zero-order valence-corrected chi connectivity index (χ0v) is 20.6. The number of furan rings is 1. The van der Waals surface area contributed by atoms with Crippen LogP contribution in [0.2, 0.25) is 0 Å². The topological polar surface area (TPSA) is 86.5 Å². The number of guanidine groups is 1. The van der Waals surface area contributed by atoms with E-state index in [9.17, 15) is 0 Å². The minimum Gasteiger partial charge on any atom is -0.493 e. The van der Waals surface area contributed by atoms with Crippen molar-refractivity contribution in [3.05, 3.63) is 41.9 Å². The Kier molecular flexibility index (Phi) is 10.8. The first-order valence-electron chi connectivity index (χ1n) is 10.1. The predicted molar refractivity (Wildman–Crippen MR) is 130 cm³/mol. The third-order valence-corrected chi connectivity index (χ3v) is 4.97. The molecule has 31 heavy (non-hydrogen) atoms. The summed E-state index contributed by atoms with van der Waals surface area (Å²) in [5.74, 6) is 4.00. The molecule has 0 aliphatic carbocycles. The van der Waals surface area contributed by atoms with Crippen molar-refractivity contribution in [3.8, 4) is 17.2 Å². The Labute approximate surface area is 200 Å². The minimum absolute atomic E-state index is 0. The molecule has 0 spiro atoms. The molecule has 1 atom stereocenters. The molecular weight excluding hydrogens is 513 g/mol. The first kappa shape index (κ1) is 25.1. The molecule has 3 rings (SSSR count). The largest absolute Gasteiger partial charge is 0.493 e. The third kappa shape index (κ3) is 7.49. The number of rotatable bonds is 10. The lowest BCUT2D eigenvalue weighted by Crippen LogP contribution is -2.40. The van der Waals surface area contributed by atoms with E-state index >= 15 is 0 Å². The molecule has 0 saturated carbocycles. The molecule has 1 saturated heterocycles. The van der Waals surface area contributed by atoms with E-state index in [0.717, 1.165) is 56.4 Å². The summed E-state index contributed by atoms with van der Waals surface area (Å²) in [5, 5.41) is 6.82. The molecule has 0 amide bonds. The van der Waals surface area contributed by atoms with Gasteiger partial charge in [0.2, 0.25) is 5.75 Å². The van der Waals surface area contributed by atoms with Crippen molar-refractivity contribution >= 4 is 29.9 Å². The van der Waals surface area contributed by atoms with Crippen LogP contribution in [0.25, 0.3) is 0 Å². The van der Waals surface area contributed by atoms with Crippen molar-refractivity contribution in [1.29, 1.82) is 0 Å². The number of benzene rings is 1. The fraction of sp³-hybridized carbons (Fsp3) is 0.500. The molecule has 2 heterocycles. The summed E-state index contributed by atoms with van der Waals surface area (Å²) in [6.07, 6.45) is 3.54. The molecule has 1 fully saturated rings. The summed E-state index contributed by atoms with van der Waals surface area (Å²) in [5.41, 5.74) is 0.959. The monoisotopic (exact) mass is 545 g/mol. The maximum absolute atomic E-state index is 5.47. The van der Waals surface area contributed by atoms with E-state index in [1.807, 2.05) is 24.3 Å². The maximum Gasteiger partial charge on any atom is 0.203 e. The minimum atomic E-state index is 0. The van der Waals surface area contributed by atoms with Crippen LogP contribution in [0, 0.1) is 5.92 Å². The van der Waals surface area contributed by atoms with Gasteiger partial charge in [0.1, 0.15) is 5.76 Å². The van der Waals surface area contributed by atoms with Gasteiger partial charge in [-0.25, -0.2) is 4.99 Å². The molecule has 1 aliphatic heterocycles. The Morgan fingerprint density at radius 1 is 1.13 bits per heavy atom. The number of nitrogens with zero attached hydrogens (tertiary/aromatic N) is 1. The molecule has 8 nitrogen and oxygen atoms in total. The summed E-state index contributed by atoms with van der Waals surface area (Å²) in [6.45, 7) is 3.63. The van der Waals surface area contributed by atoms with Gasteiger partial charge in [0.15, 0.2) is 17.5 Å². The molecule has 0 radical (unpaired) electrons. The van der Waals surface area contributed by atoms with E-state index in [0.29, 0.717) is 29.7 Å². The van der Waals surface area contributed by atoms with Crippen LogP contribution < -0.4 is 24.8 Å². The summed E-state index contributed by atoms with van der Waals surface area (Å²) in [6, 6.07) is 7.69. The predicted octanol–water partition coefficient (Wildman–Crippen LogP) is 3.24. The Morgan fingerprint density at radius 2 is 1.90 bits per heavy atom. The van der Waals surface area contributed by atoms with Gasteiger partial charge in [-0.1, -0.05) is 0 Å². The Morgan fingerprint density at radius 3 is 2.48 bits per heavy atom. The average molecular weight is 545 g/mol. The average Bonchev–Trinajstić information content (AvgIpc) is 3.48. The smallest absolute Gasteiger partial charge is 0.203 e. The molecule has 2 aromatic rings. The van der Waals surface area contributed by atoms with Crippen LogP contribution in [0.3, 0.4) is 0 Å². The number of halogens is 1. The zero-order chi connectivity index (χ0) is 21.2. The molecule has 9 heteroatoms. The normalized spacial score (nSPS) is 15.8. The van der Waals surface area contributed by atoms with Crippen molar-refractivity contribution in [1.82, 2.24) is 10.6 Å². The molecule has 1 aromatic carbocycles. The molecule has 2 N–H and O–H groups in total. The second kappa shape index (κ2) is 13.3. The highest BCUT2D eigenvalue weighted by Gasteiger charge is 2.16. The van der Waals surface area contributed by atoms with Gasteiger partial charge in [-0.15, -0.1) is 24.0 Å². The van der Waals surface area contributed by atoms with Crippen LogP contribution in [0.1, 0.15) is 17.7 Å². The van der Waals surface area contributed by atoms with Gasteiger partial charge in [0.25, 0.3) is 0 Å². The van der Waals surface area contributed by atoms with E-state index in [2.05, 4.69) is 10.6 Å². The molecule has 1 unspecified atom stereocenters. The molecule has 1 aromatic heterocycles. The summed E-state index contributed by atoms with van der Waals surface area (Å²) >= 11 is 0. The van der Waals surface area contributed by atoms with Gasteiger partial charge >= 0.3 is 0 Å². The number of hydrogen-bond acceptors (Lipinski definition) is 6. The van der Waals surface area contributed by atoms with E-state index in [1.54, 1.807) is 27.6 Å². The van der Waals surface area contributed by atoms with E-state index in [1.165, 1.54) is 0 Å². The highest BCUT2D eigenvalue weighted by Crippen LogP contribution is 2.38. The third-order valence-electron chi connectivity index (χ3n) is 4.97. The van der Waals surface area contributed by atoms with Crippen molar-refractivity contribution < 1.29 is 23.4 Å². The van der Waals surface area contributed by atoms with Crippen LogP contribution in [0.4, 0.5) is 0 Å². The summed E-state index contributed by atoms with van der Waals surface area (Å²) < 4.78 is 27.1. The van der Waals surface area contributed by atoms with Crippen molar-refractivity contribution in [2.24, 2.45) is 10.9 Å². The lowest BCUT2D eigenvalue weighted by atomic mass is 10.1. The Hall–Kier alpha value is -2.14. The van der Waals surface area contributed by atoms with Gasteiger partial charge in [-0.2, -0.15) is 0 Å². The van der Waals surface area contributed by atoms with Gasteiger partial charge in [-0.3, -0.25) is 0 Å². The fourth-order valence-electron chi connectivity index (χ4n) is 3.32. The van der Waals surface area contributed by atoms with E-state index < -0.39 is 0 Å². The molecule has 0 bridgehead atoms. The van der Waals surface area contributed by atoms with Crippen LogP contribution in [0.15, 0.2) is 39.9 Å². The maximum atomic E-state index is 5.47. The second-order valence-electron chi connectivity index (χ2n) is 7.07. The zero-order valence-electron chi connectivity index (χ0n) is 18.3. The van der Waals surface area contributed by atoms with Gasteiger partial charge in [0.05, 0.1) is 40.7 Å². The number of aliphatic imine (C=N–C) groups is 1. The van der Waals surface area contributed by atoms with Crippen LogP contribution in [-0.4, -0.2) is 53.6 Å². The molecule has 1 aliphatic rings. The lowest BCUT2D eigenvalue weighted by molar-refractivity contribution is 0.186. The van der Waals surface area contributed by atoms with Crippen molar-refractivity contribution in [2.45, 2.75) is 19.4 Å². The standard InChI is InChI=1S/C22H31N3O5.HI/c1-26-19-11-17(12-20(27-2)21(19)28-3)14-25-22(24-13-16-7-10-29-15-16)23-8-6-18-5-4-9-30-18;/h4-5,9,11-12,16H,6-8,10,13-15H2,1-3H3,(H2,23,24,25);1H. The van der Waals surface area contributed by atoms with Gasteiger partial charge in [0, 0.05) is 32.0 Å². The summed E-state index contributed by atoms with van der Waals surface area (Å²) in [7, 11) is 4.81. The quantitative estimate of drug-likeness (QED) is 0.270. The number of ether oxygens (including phenoxy) is 4. The molecule has 172 valence electrons. The molecular formula is C22H32IN3O5. The second-order valence-corrected chi connectivity index (χ2v) is 7.07. The Balaban J connectivity index is 0.00000341. The first-order valence-corrected chi connectivity index (χ1v) is 10.1. The first-order chi connectivity index (χ1) is 14.7. The van der Waals surface area contributed by atoms with Crippen molar-refractivity contribution in [2.75, 3.05) is 47.6 Å². The van der Waals surface area contributed by atoms with Crippen LogP contribution >= 0.6 is 24.0 Å². The summed E-state index contributed by atoms with van der Waals surface area (Å²) in [4.78, 5) is 4.75. The highest BCUT2D eigenvalue weighted by atomic mass is 127. The van der Waals surface area contributed by atoms with Gasteiger partial charge < -0.3 is 34.0 Å².